The summed E-state index contributed by atoms with van der Waals surface area (Å²) in [7, 11) is 0. The first-order valence-corrected chi connectivity index (χ1v) is 7.22. The van der Waals surface area contributed by atoms with Gasteiger partial charge in [-0.2, -0.15) is 0 Å². The van der Waals surface area contributed by atoms with Crippen LogP contribution >= 0.6 is 11.3 Å². The maximum atomic E-state index is 12.3. The van der Waals surface area contributed by atoms with E-state index in [2.05, 4.69) is 20.5 Å². The number of hydrogen-bond acceptors (Lipinski definition) is 5. The molecule has 0 bridgehead atoms. The van der Waals surface area contributed by atoms with Crippen molar-refractivity contribution >= 4 is 22.4 Å². The van der Waals surface area contributed by atoms with E-state index < -0.39 is 0 Å². The van der Waals surface area contributed by atoms with Gasteiger partial charge in [0.25, 0.3) is 5.91 Å². The highest BCUT2D eigenvalue weighted by molar-refractivity contribution is 7.13. The minimum Gasteiger partial charge on any atom is -0.296 e. The molecule has 0 atom stereocenters. The highest BCUT2D eigenvalue weighted by Gasteiger charge is 2.14. The van der Waals surface area contributed by atoms with Gasteiger partial charge in [-0.3, -0.25) is 15.1 Å². The van der Waals surface area contributed by atoms with E-state index in [1.165, 1.54) is 11.3 Å². The maximum Gasteiger partial charge on any atom is 0.257 e. The van der Waals surface area contributed by atoms with Crippen molar-refractivity contribution in [3.63, 3.8) is 0 Å². The summed E-state index contributed by atoms with van der Waals surface area (Å²) in [5.74, 6) is -0.193. The van der Waals surface area contributed by atoms with Gasteiger partial charge in [-0.15, -0.1) is 10.2 Å². The number of nitrogens with zero attached hydrogens (tertiary/aromatic N) is 3. The quantitative estimate of drug-likeness (QED) is 0.806. The van der Waals surface area contributed by atoms with Gasteiger partial charge in [-0.1, -0.05) is 29.5 Å². The summed E-state index contributed by atoms with van der Waals surface area (Å²) in [6.07, 6.45) is 1.74. The van der Waals surface area contributed by atoms with Crippen molar-refractivity contribution in [1.82, 2.24) is 15.2 Å². The Kier molecular flexibility index (Phi) is 3.70. The molecular weight excluding hydrogens is 284 g/mol. The summed E-state index contributed by atoms with van der Waals surface area (Å²) in [4.78, 5) is 16.7. The van der Waals surface area contributed by atoms with Crippen LogP contribution in [0.1, 0.15) is 15.9 Å². The zero-order chi connectivity index (χ0) is 14.7. The molecule has 1 amide bonds. The van der Waals surface area contributed by atoms with E-state index in [4.69, 9.17) is 0 Å². The standard InChI is InChI=1S/C15H12N4OS/c1-10-11(13-7-2-3-8-16-13)5-4-6-12(10)14(20)18-15-19-17-9-21-15/h2-9H,1H3,(H,18,19,20). The smallest absolute Gasteiger partial charge is 0.257 e. The summed E-state index contributed by atoms with van der Waals surface area (Å²) >= 11 is 1.29. The molecule has 0 aliphatic heterocycles. The molecule has 0 spiro atoms. The Morgan fingerprint density at radius 2 is 2.10 bits per heavy atom. The zero-order valence-electron chi connectivity index (χ0n) is 11.3. The lowest BCUT2D eigenvalue weighted by Gasteiger charge is -2.10. The molecule has 0 saturated carbocycles. The molecule has 0 aliphatic carbocycles. The summed E-state index contributed by atoms with van der Waals surface area (Å²) in [5.41, 5.74) is 4.86. The van der Waals surface area contributed by atoms with Crippen molar-refractivity contribution in [2.75, 3.05) is 5.32 Å². The second kappa shape index (κ2) is 5.80. The van der Waals surface area contributed by atoms with Crippen LogP contribution in [0.15, 0.2) is 48.1 Å². The highest BCUT2D eigenvalue weighted by atomic mass is 32.1. The molecule has 1 aromatic carbocycles. The molecule has 3 rings (SSSR count). The number of hydrogen-bond donors (Lipinski definition) is 1. The average molecular weight is 296 g/mol. The number of carbonyl (C=O) groups is 1. The Morgan fingerprint density at radius 3 is 2.81 bits per heavy atom. The number of benzene rings is 1. The van der Waals surface area contributed by atoms with Gasteiger partial charge in [0.2, 0.25) is 5.13 Å². The van der Waals surface area contributed by atoms with Gasteiger partial charge in [0.1, 0.15) is 5.51 Å². The van der Waals surface area contributed by atoms with Crippen LogP contribution < -0.4 is 5.32 Å². The lowest BCUT2D eigenvalue weighted by Crippen LogP contribution is -2.13. The molecule has 21 heavy (non-hydrogen) atoms. The third kappa shape index (κ3) is 2.80. The molecule has 0 radical (unpaired) electrons. The molecular formula is C15H12N4OS. The van der Waals surface area contributed by atoms with Crippen molar-refractivity contribution in [3.8, 4) is 11.3 Å². The number of nitrogens with one attached hydrogen (secondary N) is 1. The first-order chi connectivity index (χ1) is 10.3. The van der Waals surface area contributed by atoms with Gasteiger partial charge >= 0.3 is 0 Å². The molecule has 3 aromatic rings. The van der Waals surface area contributed by atoms with E-state index >= 15 is 0 Å². The van der Waals surface area contributed by atoms with Crippen molar-refractivity contribution in [2.45, 2.75) is 6.92 Å². The topological polar surface area (TPSA) is 67.8 Å². The predicted octanol–water partition coefficient (Wildman–Crippen LogP) is 3.16. The summed E-state index contributed by atoms with van der Waals surface area (Å²) in [6, 6.07) is 11.3. The van der Waals surface area contributed by atoms with Crippen LogP contribution in [-0.4, -0.2) is 21.1 Å². The number of anilines is 1. The molecule has 2 heterocycles. The zero-order valence-corrected chi connectivity index (χ0v) is 12.1. The maximum absolute atomic E-state index is 12.3. The first-order valence-electron chi connectivity index (χ1n) is 6.34. The van der Waals surface area contributed by atoms with Crippen LogP contribution in [-0.2, 0) is 0 Å². The van der Waals surface area contributed by atoms with Crippen LogP contribution in [0.4, 0.5) is 5.13 Å². The van der Waals surface area contributed by atoms with Gasteiger partial charge < -0.3 is 0 Å². The number of rotatable bonds is 3. The second-order valence-electron chi connectivity index (χ2n) is 4.39. The monoisotopic (exact) mass is 296 g/mol. The molecule has 104 valence electrons. The fraction of sp³-hybridized carbons (Fsp3) is 0.0667. The Balaban J connectivity index is 1.95. The Bertz CT molecular complexity index is 757. The van der Waals surface area contributed by atoms with Crippen LogP contribution in [0, 0.1) is 6.92 Å². The van der Waals surface area contributed by atoms with Crippen molar-refractivity contribution in [2.24, 2.45) is 0 Å². The minimum atomic E-state index is -0.193. The third-order valence-electron chi connectivity index (χ3n) is 3.10. The normalized spacial score (nSPS) is 10.3. The van der Waals surface area contributed by atoms with E-state index in [0.717, 1.165) is 16.8 Å². The Labute approximate surface area is 125 Å². The van der Waals surface area contributed by atoms with Crippen LogP contribution in [0.5, 0.6) is 0 Å². The average Bonchev–Trinajstić information content (AvgIpc) is 3.01. The Morgan fingerprint density at radius 1 is 1.19 bits per heavy atom. The molecule has 6 heteroatoms. The summed E-state index contributed by atoms with van der Waals surface area (Å²) in [6.45, 7) is 1.92. The molecule has 0 unspecified atom stereocenters. The van der Waals surface area contributed by atoms with Crippen LogP contribution in [0.25, 0.3) is 11.3 Å². The van der Waals surface area contributed by atoms with Gasteiger partial charge in [0.05, 0.1) is 5.69 Å². The fourth-order valence-electron chi connectivity index (χ4n) is 2.07. The minimum absolute atomic E-state index is 0.193. The number of carbonyl (C=O) groups excluding carboxylic acids is 1. The third-order valence-corrected chi connectivity index (χ3v) is 3.71. The van der Waals surface area contributed by atoms with Gasteiger partial charge in [-0.05, 0) is 30.7 Å². The molecule has 0 saturated heterocycles. The Hall–Kier alpha value is -2.60. The van der Waals surface area contributed by atoms with E-state index in [-0.39, 0.29) is 5.91 Å². The molecule has 0 aliphatic rings. The van der Waals surface area contributed by atoms with Crippen molar-refractivity contribution < 1.29 is 4.79 Å². The number of pyridine rings is 1. The van der Waals surface area contributed by atoms with Gasteiger partial charge in [-0.25, -0.2) is 0 Å². The SMILES string of the molecule is Cc1c(C(=O)Nc2nncs2)cccc1-c1ccccn1. The fourth-order valence-corrected chi connectivity index (χ4v) is 2.51. The van der Waals surface area contributed by atoms with E-state index in [0.29, 0.717) is 10.7 Å². The van der Waals surface area contributed by atoms with E-state index in [1.807, 2.05) is 37.3 Å². The van der Waals surface area contributed by atoms with Gasteiger partial charge in [0.15, 0.2) is 0 Å². The summed E-state index contributed by atoms with van der Waals surface area (Å²) in [5, 5.41) is 10.7. The summed E-state index contributed by atoms with van der Waals surface area (Å²) < 4.78 is 0. The van der Waals surface area contributed by atoms with E-state index in [9.17, 15) is 4.79 Å². The van der Waals surface area contributed by atoms with Crippen LogP contribution in [0.2, 0.25) is 0 Å². The predicted molar refractivity (Wildman–Crippen MR) is 82.3 cm³/mol. The van der Waals surface area contributed by atoms with Crippen molar-refractivity contribution in [3.05, 3.63) is 59.2 Å². The van der Waals surface area contributed by atoms with Gasteiger partial charge in [0, 0.05) is 17.3 Å². The largest absolute Gasteiger partial charge is 0.296 e. The molecule has 2 aromatic heterocycles. The molecule has 1 N–H and O–H groups in total. The number of aromatic nitrogens is 3. The van der Waals surface area contributed by atoms with Crippen molar-refractivity contribution in [1.29, 1.82) is 0 Å². The molecule has 0 fully saturated rings. The molecule has 5 nitrogen and oxygen atoms in total. The first kappa shape index (κ1) is 13.4. The van der Waals surface area contributed by atoms with E-state index in [1.54, 1.807) is 17.8 Å². The second-order valence-corrected chi connectivity index (χ2v) is 5.22. The lowest BCUT2D eigenvalue weighted by atomic mass is 9.99. The highest BCUT2D eigenvalue weighted by Crippen LogP contribution is 2.24. The number of amides is 1. The van der Waals surface area contributed by atoms with Crippen LogP contribution in [0.3, 0.4) is 0 Å². The lowest BCUT2D eigenvalue weighted by molar-refractivity contribution is 0.102.